The molecule has 1 rings (SSSR count). The van der Waals surface area contributed by atoms with Gasteiger partial charge in [-0.15, -0.1) is 5.10 Å². The van der Waals surface area contributed by atoms with Gasteiger partial charge in [-0.3, -0.25) is 0 Å². The highest BCUT2D eigenvalue weighted by atomic mass is 16.6. The summed E-state index contributed by atoms with van der Waals surface area (Å²) in [7, 11) is 0. The molecule has 0 aliphatic heterocycles. The largest absolute Gasteiger partial charge is 0.444 e. The smallest absolute Gasteiger partial charge is 0.407 e. The molecule has 1 aromatic rings. The van der Waals surface area contributed by atoms with Crippen molar-refractivity contribution >= 4 is 11.9 Å². The Morgan fingerprint density at radius 1 is 1.21 bits per heavy atom. The lowest BCUT2D eigenvalue weighted by Gasteiger charge is -2.19. The van der Waals surface area contributed by atoms with E-state index in [0.717, 1.165) is 24.1 Å². The number of hydrogen-bond acceptors (Lipinski definition) is 6. The van der Waals surface area contributed by atoms with Crippen LogP contribution in [0.4, 0.5) is 10.6 Å². The third-order valence-corrected chi connectivity index (χ3v) is 3.27. The van der Waals surface area contributed by atoms with Gasteiger partial charge in [0.25, 0.3) is 0 Å². The third-order valence-electron chi connectivity index (χ3n) is 3.27. The van der Waals surface area contributed by atoms with Gasteiger partial charge in [-0.25, -0.2) is 4.79 Å². The zero-order valence-corrected chi connectivity index (χ0v) is 15.2. The van der Waals surface area contributed by atoms with E-state index in [9.17, 15) is 10.1 Å². The average molecular weight is 333 g/mol. The number of alkyl carbamates (subject to hydrolysis) is 1. The normalized spacial score (nSPS) is 10.8. The molecule has 1 aromatic heterocycles. The Labute approximate surface area is 143 Å². The summed E-state index contributed by atoms with van der Waals surface area (Å²) in [5.74, 6) is 0.504. The van der Waals surface area contributed by atoms with Crippen molar-refractivity contribution in [3.63, 3.8) is 0 Å². The van der Waals surface area contributed by atoms with Crippen LogP contribution in [0.25, 0.3) is 0 Å². The fourth-order valence-electron chi connectivity index (χ4n) is 2.22. The van der Waals surface area contributed by atoms with Gasteiger partial charge in [-0.1, -0.05) is 13.8 Å². The van der Waals surface area contributed by atoms with E-state index >= 15 is 0 Å². The molecule has 2 N–H and O–H groups in total. The Morgan fingerprint density at radius 3 is 2.46 bits per heavy atom. The minimum absolute atomic E-state index is 0.430. The van der Waals surface area contributed by atoms with Crippen LogP contribution in [0.2, 0.25) is 0 Å². The van der Waals surface area contributed by atoms with Gasteiger partial charge in [0.15, 0.2) is 5.82 Å². The molecule has 7 heteroatoms. The molecule has 0 fully saturated rings. The highest BCUT2D eigenvalue weighted by Crippen LogP contribution is 2.19. The monoisotopic (exact) mass is 333 g/mol. The molecule has 0 saturated carbocycles. The van der Waals surface area contributed by atoms with Crippen LogP contribution in [0.1, 0.15) is 57.9 Å². The first kappa shape index (κ1) is 19.7. The molecular formula is C17H27N5O2. The first-order chi connectivity index (χ1) is 11.3. The summed E-state index contributed by atoms with van der Waals surface area (Å²) in [6, 6.07) is 2.22. The van der Waals surface area contributed by atoms with Crippen molar-refractivity contribution in [3.05, 3.63) is 16.8 Å². The zero-order valence-electron chi connectivity index (χ0n) is 15.2. The first-order valence-electron chi connectivity index (χ1n) is 8.31. The fourth-order valence-corrected chi connectivity index (χ4v) is 2.22. The minimum Gasteiger partial charge on any atom is -0.444 e. The molecular weight excluding hydrogens is 306 g/mol. The molecule has 0 aromatic carbocycles. The second-order valence-electron chi connectivity index (χ2n) is 6.38. The Bertz CT molecular complexity index is 602. The summed E-state index contributed by atoms with van der Waals surface area (Å²) >= 11 is 0. The maximum absolute atomic E-state index is 11.5. The van der Waals surface area contributed by atoms with E-state index in [4.69, 9.17) is 4.74 Å². The van der Waals surface area contributed by atoms with Gasteiger partial charge in [0.1, 0.15) is 17.2 Å². The first-order valence-corrected chi connectivity index (χ1v) is 8.31. The van der Waals surface area contributed by atoms with E-state index in [-0.39, 0.29) is 0 Å². The van der Waals surface area contributed by atoms with Gasteiger partial charge < -0.3 is 15.4 Å². The molecule has 0 aliphatic rings. The number of nitrogens with one attached hydrogen (secondary N) is 2. The molecule has 0 saturated heterocycles. The number of amides is 1. The number of carbonyl (C=O) groups is 1. The number of hydrogen-bond donors (Lipinski definition) is 2. The van der Waals surface area contributed by atoms with Crippen LogP contribution < -0.4 is 10.6 Å². The molecule has 0 spiro atoms. The van der Waals surface area contributed by atoms with Crippen LogP contribution in [0, 0.1) is 11.3 Å². The predicted octanol–water partition coefficient (Wildman–Crippen LogP) is 2.80. The summed E-state index contributed by atoms with van der Waals surface area (Å²) < 4.78 is 5.16. The van der Waals surface area contributed by atoms with Crippen molar-refractivity contribution < 1.29 is 9.53 Å². The summed E-state index contributed by atoms with van der Waals surface area (Å²) in [6.45, 7) is 10.5. The van der Waals surface area contributed by atoms with Crippen LogP contribution in [-0.4, -0.2) is 35.0 Å². The van der Waals surface area contributed by atoms with E-state index in [1.54, 1.807) is 0 Å². The Balaban J connectivity index is 2.52. The van der Waals surface area contributed by atoms with E-state index in [1.165, 1.54) is 0 Å². The Morgan fingerprint density at radius 2 is 1.92 bits per heavy atom. The molecule has 1 amide bonds. The Hall–Kier alpha value is -2.36. The number of nitriles is 1. The highest BCUT2D eigenvalue weighted by Gasteiger charge is 2.16. The summed E-state index contributed by atoms with van der Waals surface area (Å²) in [5, 5.41) is 23.5. The maximum atomic E-state index is 11.5. The van der Waals surface area contributed by atoms with Gasteiger partial charge in [-0.2, -0.15) is 10.4 Å². The van der Waals surface area contributed by atoms with Crippen molar-refractivity contribution in [1.82, 2.24) is 15.5 Å². The van der Waals surface area contributed by atoms with Crippen LogP contribution in [0.5, 0.6) is 0 Å². The third kappa shape index (κ3) is 6.03. The van der Waals surface area contributed by atoms with Gasteiger partial charge >= 0.3 is 6.09 Å². The minimum atomic E-state index is -0.503. The van der Waals surface area contributed by atoms with Crippen LogP contribution in [0.15, 0.2) is 0 Å². The van der Waals surface area contributed by atoms with Crippen LogP contribution in [-0.2, 0) is 17.6 Å². The van der Waals surface area contributed by atoms with Crippen molar-refractivity contribution in [2.24, 2.45) is 0 Å². The number of ether oxygens (including phenoxy) is 1. The molecule has 132 valence electrons. The van der Waals surface area contributed by atoms with E-state index < -0.39 is 11.7 Å². The lowest BCUT2D eigenvalue weighted by Crippen LogP contribution is -2.33. The van der Waals surface area contributed by atoms with E-state index in [0.29, 0.717) is 30.9 Å². The quantitative estimate of drug-likeness (QED) is 0.744. The molecule has 0 bridgehead atoms. The molecule has 0 unspecified atom stereocenters. The number of carbonyl (C=O) groups excluding carboxylic acids is 1. The number of anilines is 1. The van der Waals surface area contributed by atoms with Crippen molar-refractivity contribution in [2.45, 2.75) is 59.5 Å². The standard InChI is InChI=1S/C17H27N5O2/c1-6-12-13(11-18)15(22-21-14(12)7-2)19-9-8-10-20-16(23)24-17(3,4)5/h6-10H2,1-5H3,(H,19,22)(H,20,23). The molecule has 1 heterocycles. The average Bonchev–Trinajstić information content (AvgIpc) is 2.51. The molecule has 7 nitrogen and oxygen atoms in total. The fraction of sp³-hybridized carbons (Fsp3) is 0.647. The maximum Gasteiger partial charge on any atom is 0.407 e. The summed E-state index contributed by atoms with van der Waals surface area (Å²) in [6.07, 6.45) is 1.75. The van der Waals surface area contributed by atoms with E-state index in [2.05, 4.69) is 26.9 Å². The van der Waals surface area contributed by atoms with Gasteiger partial charge in [0.05, 0.1) is 5.69 Å². The van der Waals surface area contributed by atoms with E-state index in [1.807, 2.05) is 34.6 Å². The SMILES string of the molecule is CCc1nnc(NCCCNC(=O)OC(C)(C)C)c(C#N)c1CC. The second-order valence-corrected chi connectivity index (χ2v) is 6.38. The van der Waals surface area contributed by atoms with Crippen molar-refractivity contribution in [1.29, 1.82) is 5.26 Å². The van der Waals surface area contributed by atoms with Crippen LogP contribution >= 0.6 is 0 Å². The van der Waals surface area contributed by atoms with Gasteiger partial charge in [0.2, 0.25) is 0 Å². The predicted molar refractivity (Wildman–Crippen MR) is 92.8 cm³/mol. The number of rotatable bonds is 7. The van der Waals surface area contributed by atoms with Crippen molar-refractivity contribution in [3.8, 4) is 6.07 Å². The van der Waals surface area contributed by atoms with Crippen molar-refractivity contribution in [2.75, 3.05) is 18.4 Å². The topological polar surface area (TPSA) is 99.9 Å². The number of nitrogens with zero attached hydrogens (tertiary/aromatic N) is 3. The number of aryl methyl sites for hydroxylation is 1. The lowest BCUT2D eigenvalue weighted by atomic mass is 10.0. The summed E-state index contributed by atoms with van der Waals surface area (Å²) in [5.41, 5.74) is 1.87. The van der Waals surface area contributed by atoms with Gasteiger partial charge in [-0.05, 0) is 45.6 Å². The van der Waals surface area contributed by atoms with Gasteiger partial charge in [0, 0.05) is 13.1 Å². The highest BCUT2D eigenvalue weighted by molar-refractivity contribution is 5.67. The zero-order chi connectivity index (χ0) is 18.2. The Kier molecular flexibility index (Phi) is 7.43. The molecule has 0 atom stereocenters. The second kappa shape index (κ2) is 9.06. The molecule has 0 radical (unpaired) electrons. The number of aromatic nitrogens is 2. The molecule has 0 aliphatic carbocycles. The molecule has 24 heavy (non-hydrogen) atoms. The summed E-state index contributed by atoms with van der Waals surface area (Å²) in [4.78, 5) is 11.5. The van der Waals surface area contributed by atoms with Crippen LogP contribution in [0.3, 0.4) is 0 Å². The lowest BCUT2D eigenvalue weighted by molar-refractivity contribution is 0.0528.